The number of carbonyl (C=O) groups excluding carboxylic acids is 3. The van der Waals surface area contributed by atoms with Gasteiger partial charge in [-0.3, -0.25) is 9.59 Å². The number of ketones is 1. The van der Waals surface area contributed by atoms with Crippen molar-refractivity contribution in [2.24, 2.45) is 40.4 Å². The number of Topliss-reactive ketones (excluding diaryl/α,β-unsaturated/α-hetero) is 1. The molecule has 188 valence electrons. The van der Waals surface area contributed by atoms with Crippen molar-refractivity contribution < 1.29 is 23.9 Å². The summed E-state index contributed by atoms with van der Waals surface area (Å²) in [5.74, 6) is 1.17. The summed E-state index contributed by atoms with van der Waals surface area (Å²) in [6.45, 7) is 11.0. The second-order valence-electron chi connectivity index (χ2n) is 12.2. The van der Waals surface area contributed by atoms with E-state index in [0.29, 0.717) is 43.4 Å². The molecule has 1 spiro atoms. The van der Waals surface area contributed by atoms with Crippen molar-refractivity contribution in [2.45, 2.75) is 91.3 Å². The lowest BCUT2D eigenvalue weighted by molar-refractivity contribution is -0.151. The molecule has 2 saturated carbocycles. The Hall–Kier alpha value is -1.75. The molecule has 4 rings (SSSR count). The predicted octanol–water partition coefficient (Wildman–Crippen LogP) is 5.47. The van der Waals surface area contributed by atoms with Gasteiger partial charge in [-0.15, -0.1) is 0 Å². The topological polar surface area (TPSA) is 73.0 Å². The van der Waals surface area contributed by atoms with Crippen LogP contribution in [0.25, 0.3) is 0 Å². The van der Waals surface area contributed by atoms with Crippen molar-refractivity contribution in [3.8, 4) is 0 Å². The molecule has 0 bridgehead atoms. The quantitative estimate of drug-likeness (QED) is 0.203. The van der Waals surface area contributed by atoms with E-state index in [1.165, 1.54) is 7.11 Å². The molecule has 0 aromatic carbocycles. The van der Waals surface area contributed by atoms with Gasteiger partial charge in [-0.05, 0) is 86.2 Å². The van der Waals surface area contributed by atoms with E-state index in [9.17, 15) is 14.4 Å². The van der Waals surface area contributed by atoms with Crippen molar-refractivity contribution in [3.05, 3.63) is 23.8 Å². The van der Waals surface area contributed by atoms with E-state index >= 15 is 0 Å². The van der Waals surface area contributed by atoms with Crippen molar-refractivity contribution >= 4 is 18.0 Å². The average molecular weight is 471 g/mol. The minimum Gasteiger partial charge on any atom is -0.469 e. The van der Waals surface area contributed by atoms with Gasteiger partial charge in [0, 0.05) is 6.42 Å². The Kier molecular flexibility index (Phi) is 6.74. The van der Waals surface area contributed by atoms with Crippen LogP contribution in [-0.2, 0) is 23.9 Å². The van der Waals surface area contributed by atoms with Crippen LogP contribution in [0.3, 0.4) is 0 Å². The van der Waals surface area contributed by atoms with Gasteiger partial charge >= 0.3 is 5.97 Å². The predicted molar refractivity (Wildman–Crippen MR) is 131 cm³/mol. The maximum absolute atomic E-state index is 14.1. The molecule has 0 aromatic rings. The molecule has 34 heavy (non-hydrogen) atoms. The second kappa shape index (κ2) is 9.04. The van der Waals surface area contributed by atoms with Gasteiger partial charge in [0.1, 0.15) is 18.0 Å². The molecule has 4 aliphatic rings. The zero-order chi connectivity index (χ0) is 24.9. The van der Waals surface area contributed by atoms with Gasteiger partial charge in [0.2, 0.25) is 0 Å². The molecule has 5 nitrogen and oxygen atoms in total. The number of ether oxygens (including phenoxy) is 2. The van der Waals surface area contributed by atoms with Gasteiger partial charge in [0.15, 0.2) is 5.78 Å². The summed E-state index contributed by atoms with van der Waals surface area (Å²) >= 11 is 0. The molecule has 0 unspecified atom stereocenters. The number of hydrogen-bond donors (Lipinski definition) is 0. The average Bonchev–Trinajstić information content (AvgIpc) is 3.39. The zero-order valence-electron chi connectivity index (χ0n) is 21.8. The second-order valence-corrected chi connectivity index (χ2v) is 12.2. The van der Waals surface area contributed by atoms with Gasteiger partial charge in [-0.1, -0.05) is 39.8 Å². The minimum atomic E-state index is -0.616. The lowest BCUT2D eigenvalue weighted by Crippen LogP contribution is -2.53. The van der Waals surface area contributed by atoms with Crippen molar-refractivity contribution in [1.82, 2.24) is 0 Å². The highest BCUT2D eigenvalue weighted by molar-refractivity contribution is 6.03. The van der Waals surface area contributed by atoms with E-state index in [1.807, 2.05) is 6.92 Å². The Balaban J connectivity index is 1.61. The van der Waals surface area contributed by atoms with Crippen LogP contribution in [0.2, 0.25) is 0 Å². The fourth-order valence-electron chi connectivity index (χ4n) is 7.65. The zero-order valence-corrected chi connectivity index (χ0v) is 21.8. The molecule has 0 N–H and O–H groups in total. The van der Waals surface area contributed by atoms with Crippen molar-refractivity contribution in [3.63, 3.8) is 0 Å². The number of rotatable bonds is 8. The van der Waals surface area contributed by atoms with E-state index in [0.717, 1.165) is 31.1 Å². The van der Waals surface area contributed by atoms with Crippen LogP contribution in [0.5, 0.6) is 0 Å². The maximum Gasteiger partial charge on any atom is 0.308 e. The lowest BCUT2D eigenvalue weighted by atomic mass is 9.54. The first-order chi connectivity index (χ1) is 16.0. The number of epoxide rings is 1. The number of allylic oxidation sites excluding steroid dienone is 3. The van der Waals surface area contributed by atoms with E-state index < -0.39 is 11.0 Å². The number of hydrogen-bond acceptors (Lipinski definition) is 5. The van der Waals surface area contributed by atoms with E-state index in [1.54, 1.807) is 0 Å². The molecular formula is C29H42O5. The van der Waals surface area contributed by atoms with Crippen LogP contribution in [-0.4, -0.2) is 36.9 Å². The fourth-order valence-corrected chi connectivity index (χ4v) is 7.65. The highest BCUT2D eigenvalue weighted by Crippen LogP contribution is 2.66. The first kappa shape index (κ1) is 25.3. The smallest absolute Gasteiger partial charge is 0.308 e. The molecule has 0 amide bonds. The third-order valence-corrected chi connectivity index (χ3v) is 9.83. The molecule has 3 fully saturated rings. The van der Waals surface area contributed by atoms with E-state index in [2.05, 4.69) is 45.9 Å². The number of aldehydes is 1. The molecule has 0 radical (unpaired) electrons. The SMILES string of the molecule is COC(=O)[C@H]1CC[C@]2(C)C(=O)C([C@@H]3CC[C@H]([C@H](C)/C=C/CC(C)C)[C@@]3(C)CC=O)=C[C@@H]3O[C@@]32C1. The summed E-state index contributed by atoms with van der Waals surface area (Å²) in [7, 11) is 1.42. The van der Waals surface area contributed by atoms with Crippen LogP contribution in [0.15, 0.2) is 23.8 Å². The van der Waals surface area contributed by atoms with Crippen LogP contribution in [0.4, 0.5) is 0 Å². The standard InChI is InChI=1S/C29H42O5/c1-18(2)8-7-9-19(3)22-10-11-23(27(22,4)14-15-30)21-16-24-29(34-24)17-20(26(32)33-6)12-13-28(29,5)25(21)31/h7,9,15-16,18-20,22-24H,8,10-14,17H2,1-6H3/b9-7+/t19-,20+,22-,23+,24+,27-,28-,29+/m1/s1. The third-order valence-electron chi connectivity index (χ3n) is 9.83. The summed E-state index contributed by atoms with van der Waals surface area (Å²) in [5.41, 5.74) is -0.562. The van der Waals surface area contributed by atoms with Gasteiger partial charge in [-0.25, -0.2) is 0 Å². The Morgan fingerprint density at radius 2 is 1.97 bits per heavy atom. The van der Waals surface area contributed by atoms with Crippen LogP contribution in [0, 0.1) is 40.4 Å². The van der Waals surface area contributed by atoms with Gasteiger partial charge in [-0.2, -0.15) is 0 Å². The third kappa shape index (κ3) is 3.83. The highest BCUT2D eigenvalue weighted by atomic mass is 16.6. The first-order valence-corrected chi connectivity index (χ1v) is 13.2. The molecule has 8 atom stereocenters. The van der Waals surface area contributed by atoms with Crippen LogP contribution < -0.4 is 0 Å². The molecule has 5 heteroatoms. The molecule has 1 aliphatic heterocycles. The molecule has 0 aromatic heterocycles. The van der Waals surface area contributed by atoms with Crippen molar-refractivity contribution in [2.75, 3.05) is 7.11 Å². The Morgan fingerprint density at radius 3 is 2.62 bits per heavy atom. The van der Waals surface area contributed by atoms with E-state index in [4.69, 9.17) is 9.47 Å². The Morgan fingerprint density at radius 1 is 1.24 bits per heavy atom. The number of esters is 1. The summed E-state index contributed by atoms with van der Waals surface area (Å²) < 4.78 is 11.2. The highest BCUT2D eigenvalue weighted by Gasteiger charge is 2.74. The van der Waals surface area contributed by atoms with E-state index in [-0.39, 0.29) is 35.1 Å². The Bertz CT molecular complexity index is 902. The monoisotopic (exact) mass is 470 g/mol. The fraction of sp³-hybridized carbons (Fsp3) is 0.759. The number of carbonyl (C=O) groups is 3. The van der Waals surface area contributed by atoms with Gasteiger partial charge in [0.25, 0.3) is 0 Å². The summed E-state index contributed by atoms with van der Waals surface area (Å²) in [6, 6.07) is 0. The summed E-state index contributed by atoms with van der Waals surface area (Å²) in [5, 5.41) is 0. The molecule has 1 saturated heterocycles. The van der Waals surface area contributed by atoms with Crippen molar-refractivity contribution in [1.29, 1.82) is 0 Å². The van der Waals surface area contributed by atoms with Gasteiger partial charge < -0.3 is 14.3 Å². The summed E-state index contributed by atoms with van der Waals surface area (Å²) in [6.07, 6.45) is 12.9. The molecule has 3 aliphatic carbocycles. The molecular weight excluding hydrogens is 428 g/mol. The summed E-state index contributed by atoms with van der Waals surface area (Å²) in [4.78, 5) is 38.2. The molecule has 1 heterocycles. The normalized spacial score (nSPS) is 42.2. The maximum atomic E-state index is 14.1. The lowest BCUT2D eigenvalue weighted by Gasteiger charge is -2.46. The first-order valence-electron chi connectivity index (χ1n) is 13.2. The van der Waals surface area contributed by atoms with Crippen LogP contribution >= 0.6 is 0 Å². The number of methoxy groups -OCH3 is 1. The van der Waals surface area contributed by atoms with Crippen LogP contribution in [0.1, 0.15) is 79.6 Å². The minimum absolute atomic E-state index is 0.0634. The van der Waals surface area contributed by atoms with Gasteiger partial charge in [0.05, 0.1) is 18.4 Å². The largest absolute Gasteiger partial charge is 0.469 e. The Labute approximate surface area is 204 Å².